The fourth-order valence-electron chi connectivity index (χ4n) is 0.811. The molecule has 0 aliphatic carbocycles. The molecule has 1 rings (SSSR count). The second-order valence-electron chi connectivity index (χ2n) is 2.38. The lowest BCUT2D eigenvalue weighted by Crippen LogP contribution is -2.17. The zero-order valence-corrected chi connectivity index (χ0v) is 9.82. The van der Waals surface area contributed by atoms with Crippen molar-refractivity contribution in [3.05, 3.63) is 16.1 Å². The van der Waals surface area contributed by atoms with Crippen molar-refractivity contribution >= 4 is 34.4 Å². The van der Waals surface area contributed by atoms with E-state index in [0.717, 1.165) is 3.57 Å². The van der Waals surface area contributed by atoms with E-state index in [2.05, 4.69) is 37.9 Å². The summed E-state index contributed by atoms with van der Waals surface area (Å²) in [4.78, 5) is 18.8. The molecule has 0 fully saturated rings. The Kier molecular flexibility index (Phi) is 4.57. The first-order chi connectivity index (χ1) is 6.74. The summed E-state index contributed by atoms with van der Waals surface area (Å²) >= 11 is 2.09. The van der Waals surface area contributed by atoms with Crippen LogP contribution in [0.3, 0.4) is 0 Å². The van der Waals surface area contributed by atoms with E-state index in [-0.39, 0.29) is 12.5 Å². The van der Waals surface area contributed by atoms with Crippen LogP contribution in [0.1, 0.15) is 6.92 Å². The molecule has 1 N–H and O–H groups in total. The standard InChI is InChI=1S/C8H10IN3O2/c1-2-14-7(13)4-11-8-6(9)3-10-5-12-8/h3,5H,2,4H2,1H3,(H,10,11,12). The highest BCUT2D eigenvalue weighted by atomic mass is 127. The van der Waals surface area contributed by atoms with Crippen molar-refractivity contribution in [3.8, 4) is 0 Å². The maximum atomic E-state index is 11.0. The van der Waals surface area contributed by atoms with Gasteiger partial charge in [-0.2, -0.15) is 0 Å². The number of esters is 1. The van der Waals surface area contributed by atoms with Gasteiger partial charge >= 0.3 is 5.97 Å². The highest BCUT2D eigenvalue weighted by Crippen LogP contribution is 2.11. The summed E-state index contributed by atoms with van der Waals surface area (Å²) in [5, 5.41) is 2.86. The summed E-state index contributed by atoms with van der Waals surface area (Å²) < 4.78 is 5.63. The van der Waals surface area contributed by atoms with E-state index in [1.165, 1.54) is 6.33 Å². The lowest BCUT2D eigenvalue weighted by Gasteiger charge is -2.05. The Balaban J connectivity index is 2.46. The highest BCUT2D eigenvalue weighted by Gasteiger charge is 2.04. The molecule has 5 nitrogen and oxygen atoms in total. The Labute approximate surface area is 95.4 Å². The fraction of sp³-hybridized carbons (Fsp3) is 0.375. The second kappa shape index (κ2) is 5.74. The van der Waals surface area contributed by atoms with Crippen molar-refractivity contribution in [2.45, 2.75) is 6.92 Å². The van der Waals surface area contributed by atoms with Crippen LogP contribution in [0.5, 0.6) is 0 Å². The average Bonchev–Trinajstić information content (AvgIpc) is 2.17. The van der Waals surface area contributed by atoms with Gasteiger partial charge in [0.05, 0.1) is 10.2 Å². The van der Waals surface area contributed by atoms with E-state index < -0.39 is 0 Å². The summed E-state index contributed by atoms with van der Waals surface area (Å²) in [5.74, 6) is 0.357. The number of aromatic nitrogens is 2. The van der Waals surface area contributed by atoms with Crippen LogP contribution in [0.15, 0.2) is 12.5 Å². The van der Waals surface area contributed by atoms with Crippen molar-refractivity contribution < 1.29 is 9.53 Å². The molecule has 0 spiro atoms. The molecule has 1 heterocycles. The van der Waals surface area contributed by atoms with Crippen LogP contribution < -0.4 is 5.32 Å². The first-order valence-corrected chi connectivity index (χ1v) is 5.17. The van der Waals surface area contributed by atoms with Gasteiger partial charge in [0.2, 0.25) is 0 Å². The van der Waals surface area contributed by atoms with E-state index in [9.17, 15) is 4.79 Å². The normalized spacial score (nSPS) is 9.57. The van der Waals surface area contributed by atoms with E-state index in [1.54, 1.807) is 13.1 Å². The van der Waals surface area contributed by atoms with E-state index in [1.807, 2.05) is 0 Å². The zero-order valence-electron chi connectivity index (χ0n) is 7.66. The number of hydrogen-bond donors (Lipinski definition) is 1. The van der Waals surface area contributed by atoms with Gasteiger partial charge < -0.3 is 10.1 Å². The number of halogens is 1. The maximum absolute atomic E-state index is 11.0. The van der Waals surface area contributed by atoms with E-state index in [0.29, 0.717) is 12.4 Å². The Hall–Kier alpha value is -0.920. The molecule has 0 aromatic carbocycles. The molecule has 14 heavy (non-hydrogen) atoms. The van der Waals surface area contributed by atoms with Crippen LogP contribution in [-0.2, 0) is 9.53 Å². The predicted molar refractivity (Wildman–Crippen MR) is 59.9 cm³/mol. The van der Waals surface area contributed by atoms with Gasteiger partial charge in [-0.1, -0.05) is 0 Å². The largest absolute Gasteiger partial charge is 0.465 e. The van der Waals surface area contributed by atoms with Crippen LogP contribution in [-0.4, -0.2) is 29.1 Å². The third-order valence-electron chi connectivity index (χ3n) is 1.37. The van der Waals surface area contributed by atoms with E-state index >= 15 is 0 Å². The lowest BCUT2D eigenvalue weighted by molar-refractivity contribution is -0.140. The zero-order chi connectivity index (χ0) is 10.4. The Morgan fingerprint density at radius 2 is 2.50 bits per heavy atom. The van der Waals surface area contributed by atoms with Crippen molar-refractivity contribution in [2.24, 2.45) is 0 Å². The quantitative estimate of drug-likeness (QED) is 0.665. The van der Waals surface area contributed by atoms with Crippen molar-refractivity contribution in [3.63, 3.8) is 0 Å². The predicted octanol–water partition coefficient (Wildman–Crippen LogP) is 1.06. The third-order valence-corrected chi connectivity index (χ3v) is 2.16. The molecule has 6 heteroatoms. The van der Waals surface area contributed by atoms with Crippen LogP contribution in [0.25, 0.3) is 0 Å². The number of anilines is 1. The molecular formula is C8H10IN3O2. The lowest BCUT2D eigenvalue weighted by atomic mass is 10.5. The smallest absolute Gasteiger partial charge is 0.325 e. The Morgan fingerprint density at radius 1 is 1.71 bits per heavy atom. The summed E-state index contributed by atoms with van der Waals surface area (Å²) in [7, 11) is 0. The summed E-state index contributed by atoms with van der Waals surface area (Å²) in [6, 6.07) is 0. The number of nitrogens with zero attached hydrogens (tertiary/aromatic N) is 2. The number of nitrogens with one attached hydrogen (secondary N) is 1. The first-order valence-electron chi connectivity index (χ1n) is 4.09. The topological polar surface area (TPSA) is 64.1 Å². The highest BCUT2D eigenvalue weighted by molar-refractivity contribution is 14.1. The third kappa shape index (κ3) is 3.44. The molecule has 0 aliphatic heterocycles. The molecule has 76 valence electrons. The molecule has 0 saturated heterocycles. The molecule has 0 atom stereocenters. The summed E-state index contributed by atoms with van der Waals surface area (Å²) in [6.07, 6.45) is 3.09. The van der Waals surface area contributed by atoms with Gasteiger partial charge in [-0.25, -0.2) is 9.97 Å². The van der Waals surface area contributed by atoms with Gasteiger partial charge in [-0.3, -0.25) is 4.79 Å². The van der Waals surface area contributed by atoms with Gasteiger partial charge in [0.1, 0.15) is 18.7 Å². The van der Waals surface area contributed by atoms with Gasteiger partial charge in [0.15, 0.2) is 0 Å². The fourth-order valence-corrected chi connectivity index (χ4v) is 1.30. The molecule has 0 amide bonds. The first kappa shape index (κ1) is 11.2. The number of hydrogen-bond acceptors (Lipinski definition) is 5. The van der Waals surface area contributed by atoms with Gasteiger partial charge in [-0.05, 0) is 29.5 Å². The second-order valence-corrected chi connectivity index (χ2v) is 3.54. The summed E-state index contributed by atoms with van der Waals surface area (Å²) in [5.41, 5.74) is 0. The Bertz CT molecular complexity index is 319. The minimum Gasteiger partial charge on any atom is -0.465 e. The molecule has 1 aromatic rings. The number of carbonyl (C=O) groups excluding carboxylic acids is 1. The minimum absolute atomic E-state index is 0.126. The Morgan fingerprint density at radius 3 is 3.14 bits per heavy atom. The van der Waals surface area contributed by atoms with Gasteiger partial charge in [-0.15, -0.1) is 0 Å². The van der Waals surface area contributed by atoms with Gasteiger partial charge in [0, 0.05) is 6.20 Å². The van der Waals surface area contributed by atoms with Crippen molar-refractivity contribution in [1.29, 1.82) is 0 Å². The average molecular weight is 307 g/mol. The number of ether oxygens (including phenoxy) is 1. The van der Waals surface area contributed by atoms with E-state index in [4.69, 9.17) is 4.74 Å². The van der Waals surface area contributed by atoms with Gasteiger partial charge in [0.25, 0.3) is 0 Å². The molecule has 0 aliphatic rings. The molecule has 0 bridgehead atoms. The number of carbonyl (C=O) groups is 1. The minimum atomic E-state index is -0.290. The molecule has 0 radical (unpaired) electrons. The molecule has 1 aromatic heterocycles. The maximum Gasteiger partial charge on any atom is 0.325 e. The summed E-state index contributed by atoms with van der Waals surface area (Å²) in [6.45, 7) is 2.29. The SMILES string of the molecule is CCOC(=O)CNc1ncncc1I. The van der Waals surface area contributed by atoms with Crippen molar-refractivity contribution in [2.75, 3.05) is 18.5 Å². The monoisotopic (exact) mass is 307 g/mol. The molecule has 0 saturated carbocycles. The van der Waals surface area contributed by atoms with Crippen LogP contribution in [0, 0.1) is 3.57 Å². The van der Waals surface area contributed by atoms with Crippen LogP contribution >= 0.6 is 22.6 Å². The van der Waals surface area contributed by atoms with Crippen LogP contribution in [0.2, 0.25) is 0 Å². The van der Waals surface area contributed by atoms with Crippen molar-refractivity contribution in [1.82, 2.24) is 9.97 Å². The molecule has 0 unspecified atom stereocenters. The number of rotatable bonds is 4. The molecular weight excluding hydrogens is 297 g/mol. The van der Waals surface area contributed by atoms with Crippen LogP contribution in [0.4, 0.5) is 5.82 Å².